The van der Waals surface area contributed by atoms with Gasteiger partial charge in [0.15, 0.2) is 0 Å². The molecule has 0 fully saturated rings. The van der Waals surface area contributed by atoms with Crippen LogP contribution in [0.1, 0.15) is 54.5 Å². The van der Waals surface area contributed by atoms with Gasteiger partial charge in [0.25, 0.3) is 5.91 Å². The van der Waals surface area contributed by atoms with E-state index >= 15 is 0 Å². The number of carbonyl (C=O) groups is 2. The number of hydrogen-bond acceptors (Lipinski definition) is 4. The quantitative estimate of drug-likeness (QED) is 0.181. The second-order valence-corrected chi connectivity index (χ2v) is 10.0. The third-order valence-corrected chi connectivity index (χ3v) is 6.85. The van der Waals surface area contributed by atoms with E-state index in [0.29, 0.717) is 42.5 Å². The Morgan fingerprint density at radius 3 is 2.25 bits per heavy atom. The van der Waals surface area contributed by atoms with Crippen LogP contribution in [0.3, 0.4) is 0 Å². The van der Waals surface area contributed by atoms with Gasteiger partial charge in [-0.2, -0.15) is 26.3 Å². The molecule has 0 bridgehead atoms. The molecule has 1 amide bonds. The number of aliphatic imine (C=N–C) groups is 1. The highest BCUT2D eigenvalue weighted by Gasteiger charge is 2.30. The largest absolute Gasteiger partial charge is 0.416 e. The van der Waals surface area contributed by atoms with Gasteiger partial charge in [-0.1, -0.05) is 24.3 Å². The summed E-state index contributed by atoms with van der Waals surface area (Å²) in [5, 5.41) is 5.15. The van der Waals surface area contributed by atoms with E-state index in [-0.39, 0.29) is 24.8 Å². The van der Waals surface area contributed by atoms with Crippen LogP contribution >= 0.6 is 0 Å². The maximum atomic E-state index is 12.8. The molecule has 0 heterocycles. The Morgan fingerprint density at radius 2 is 1.62 bits per heavy atom. The highest BCUT2D eigenvalue weighted by atomic mass is 19.4. The molecule has 0 saturated heterocycles. The number of fused-ring (bicyclic) bond motifs is 1. The molecule has 3 rings (SSSR count). The van der Waals surface area contributed by atoms with E-state index in [1.54, 1.807) is 20.0 Å². The fraction of sp³-hybridized carbons (Fsp3) is 0.414. The zero-order valence-electron chi connectivity index (χ0n) is 22.1. The SMILES string of the molecule is CC(=N/C=C(\C)c1ccc(C(F)(F)F)cc1)c1ccc2c(c1)C[C@H](CNCC(F)(F)F)CCC(NC(=O)C=O)C2. The minimum absolute atomic E-state index is 0.133. The lowest BCUT2D eigenvalue weighted by atomic mass is 9.83. The molecule has 1 unspecified atom stereocenters. The zero-order valence-corrected chi connectivity index (χ0v) is 22.1. The van der Waals surface area contributed by atoms with Gasteiger partial charge >= 0.3 is 12.4 Å². The standard InChI is InChI=1S/C29H31F6N3O2/c1-18(21-6-8-25(9-7-21)29(33,34)35)14-37-19(2)22-4-5-23-13-26(38-27(40)16-39)10-3-20(11-24(23)12-22)15-36-17-28(30,31)32/h4-9,12,14,16,20,26,36H,3,10-11,13,15,17H2,1-2H3,(H,38,40)/b18-14+,37-19?/t20-,26?/m1/s1. The van der Waals surface area contributed by atoms with Crippen molar-refractivity contribution in [1.82, 2.24) is 10.6 Å². The van der Waals surface area contributed by atoms with Crippen molar-refractivity contribution in [3.63, 3.8) is 0 Å². The molecular formula is C29H31F6N3O2. The summed E-state index contributed by atoms with van der Waals surface area (Å²) in [6.07, 6.45) is -4.89. The molecule has 2 aromatic carbocycles. The van der Waals surface area contributed by atoms with Crippen molar-refractivity contribution in [2.24, 2.45) is 10.9 Å². The van der Waals surface area contributed by atoms with Crippen LogP contribution in [0.25, 0.3) is 5.57 Å². The van der Waals surface area contributed by atoms with Gasteiger partial charge in [-0.3, -0.25) is 14.6 Å². The summed E-state index contributed by atoms with van der Waals surface area (Å²) in [7, 11) is 0. The second kappa shape index (κ2) is 13.3. The molecule has 11 heteroatoms. The lowest BCUT2D eigenvalue weighted by Gasteiger charge is -2.28. The number of amides is 1. The maximum Gasteiger partial charge on any atom is 0.416 e. The van der Waals surface area contributed by atoms with Gasteiger partial charge in [0.05, 0.1) is 12.1 Å². The molecule has 2 atom stereocenters. The van der Waals surface area contributed by atoms with E-state index < -0.39 is 30.4 Å². The highest BCUT2D eigenvalue weighted by Crippen LogP contribution is 2.30. The molecule has 2 N–H and O–H groups in total. The van der Waals surface area contributed by atoms with Crippen LogP contribution in [0.5, 0.6) is 0 Å². The molecule has 5 nitrogen and oxygen atoms in total. The van der Waals surface area contributed by atoms with Gasteiger partial charge in [-0.05, 0) is 98.0 Å². The van der Waals surface area contributed by atoms with Gasteiger partial charge in [-0.25, -0.2) is 0 Å². The van der Waals surface area contributed by atoms with Gasteiger partial charge in [0.1, 0.15) is 0 Å². The third kappa shape index (κ3) is 9.32. The van der Waals surface area contributed by atoms with Crippen LogP contribution in [0.4, 0.5) is 26.3 Å². The average Bonchev–Trinajstić information content (AvgIpc) is 2.88. The first-order chi connectivity index (χ1) is 18.7. The molecule has 0 spiro atoms. The van der Waals surface area contributed by atoms with E-state index in [0.717, 1.165) is 28.8 Å². The van der Waals surface area contributed by atoms with Crippen LogP contribution in [0.2, 0.25) is 0 Å². The Morgan fingerprint density at radius 1 is 0.950 bits per heavy atom. The summed E-state index contributed by atoms with van der Waals surface area (Å²) in [5.41, 5.74) is 3.80. The van der Waals surface area contributed by atoms with Gasteiger partial charge in [-0.15, -0.1) is 0 Å². The third-order valence-electron chi connectivity index (χ3n) is 6.85. The Hall–Kier alpha value is -3.47. The van der Waals surface area contributed by atoms with E-state index in [4.69, 9.17) is 0 Å². The van der Waals surface area contributed by atoms with Gasteiger partial charge in [0, 0.05) is 18.0 Å². The molecular weight excluding hydrogens is 536 g/mol. The molecule has 0 aliphatic heterocycles. The molecule has 0 saturated carbocycles. The summed E-state index contributed by atoms with van der Waals surface area (Å²) >= 11 is 0. The van der Waals surface area contributed by atoms with Crippen LogP contribution < -0.4 is 10.6 Å². The Balaban J connectivity index is 1.83. The highest BCUT2D eigenvalue weighted by molar-refractivity contribution is 6.23. The second-order valence-electron chi connectivity index (χ2n) is 10.0. The summed E-state index contributed by atoms with van der Waals surface area (Å²) in [6.45, 7) is 2.57. The number of carbonyl (C=O) groups excluding carboxylic acids is 2. The Bertz CT molecular complexity index is 1250. The van der Waals surface area contributed by atoms with Gasteiger partial charge < -0.3 is 10.6 Å². The minimum Gasteiger partial charge on any atom is -0.347 e. The summed E-state index contributed by atoms with van der Waals surface area (Å²) in [6, 6.07) is 10.1. The lowest BCUT2D eigenvalue weighted by Crippen LogP contribution is -2.40. The lowest BCUT2D eigenvalue weighted by molar-refractivity contribution is -0.137. The minimum atomic E-state index is -4.41. The fourth-order valence-corrected chi connectivity index (χ4v) is 4.67. The van der Waals surface area contributed by atoms with Crippen molar-refractivity contribution in [3.05, 3.63) is 76.5 Å². The maximum absolute atomic E-state index is 12.8. The molecule has 1 aliphatic carbocycles. The number of aldehydes is 1. The van der Waals surface area contributed by atoms with Crippen molar-refractivity contribution in [1.29, 1.82) is 0 Å². The topological polar surface area (TPSA) is 70.6 Å². The van der Waals surface area contributed by atoms with E-state index in [1.165, 1.54) is 12.1 Å². The number of halogens is 6. The van der Waals surface area contributed by atoms with Crippen LogP contribution in [-0.4, -0.2) is 43.2 Å². The van der Waals surface area contributed by atoms with Gasteiger partial charge in [0.2, 0.25) is 6.29 Å². The van der Waals surface area contributed by atoms with E-state index in [1.807, 2.05) is 18.2 Å². The van der Waals surface area contributed by atoms with E-state index in [9.17, 15) is 35.9 Å². The first-order valence-corrected chi connectivity index (χ1v) is 12.8. The predicted molar refractivity (Wildman–Crippen MR) is 141 cm³/mol. The first-order valence-electron chi connectivity index (χ1n) is 12.8. The summed E-state index contributed by atoms with van der Waals surface area (Å²) < 4.78 is 76.5. The molecule has 2 aromatic rings. The normalized spacial score (nSPS) is 18.9. The average molecular weight is 568 g/mol. The van der Waals surface area contributed by atoms with Crippen LogP contribution in [0, 0.1) is 5.92 Å². The first kappa shape index (κ1) is 31.1. The number of alkyl halides is 6. The van der Waals surface area contributed by atoms with E-state index in [2.05, 4.69) is 15.6 Å². The van der Waals surface area contributed by atoms with Crippen molar-refractivity contribution in [2.75, 3.05) is 13.1 Å². The molecule has 0 radical (unpaired) electrons. The molecule has 216 valence electrons. The Kier molecular flexibility index (Phi) is 10.3. The number of benzene rings is 2. The summed E-state index contributed by atoms with van der Waals surface area (Å²) in [4.78, 5) is 27.1. The number of nitrogens with one attached hydrogen (secondary N) is 2. The fourth-order valence-electron chi connectivity index (χ4n) is 4.67. The number of hydrogen-bond donors (Lipinski definition) is 2. The van der Waals surface area contributed by atoms with Crippen molar-refractivity contribution < 1.29 is 35.9 Å². The zero-order chi connectivity index (χ0) is 29.5. The molecule has 0 aromatic heterocycles. The van der Waals surface area contributed by atoms with Crippen molar-refractivity contribution >= 4 is 23.5 Å². The monoisotopic (exact) mass is 567 g/mol. The van der Waals surface area contributed by atoms with Crippen LogP contribution in [0.15, 0.2) is 53.7 Å². The predicted octanol–water partition coefficient (Wildman–Crippen LogP) is 5.91. The van der Waals surface area contributed by atoms with Crippen molar-refractivity contribution in [2.45, 2.75) is 57.9 Å². The number of allylic oxidation sites excluding steroid dienone is 1. The smallest absolute Gasteiger partial charge is 0.347 e. The molecule has 1 aliphatic rings. The summed E-state index contributed by atoms with van der Waals surface area (Å²) in [5.74, 6) is -0.875. The van der Waals surface area contributed by atoms with Crippen molar-refractivity contribution in [3.8, 4) is 0 Å². The van der Waals surface area contributed by atoms with Crippen LogP contribution in [-0.2, 0) is 28.6 Å². The molecule has 40 heavy (non-hydrogen) atoms. The number of nitrogens with zero attached hydrogens (tertiary/aromatic N) is 1. The number of rotatable bonds is 8. The Labute approximate surface area is 228 Å².